The zero-order valence-electron chi connectivity index (χ0n) is 14.3. The molecule has 3 N–H and O–H groups in total. The van der Waals surface area contributed by atoms with E-state index in [1.807, 2.05) is 36.4 Å². The summed E-state index contributed by atoms with van der Waals surface area (Å²) in [4.78, 5) is 31.4. The van der Waals surface area contributed by atoms with Gasteiger partial charge in [0.1, 0.15) is 12.1 Å². The van der Waals surface area contributed by atoms with Crippen molar-refractivity contribution in [3.8, 4) is 0 Å². The zero-order chi connectivity index (χ0) is 18.4. The van der Waals surface area contributed by atoms with E-state index in [-0.39, 0.29) is 11.8 Å². The maximum Gasteiger partial charge on any atom is 0.251 e. The lowest BCUT2D eigenvalue weighted by molar-refractivity contribution is -0.118. The summed E-state index contributed by atoms with van der Waals surface area (Å²) in [5, 5.41) is 9.55. The van der Waals surface area contributed by atoms with Crippen molar-refractivity contribution in [3.05, 3.63) is 60.4 Å². The highest BCUT2D eigenvalue weighted by atomic mass is 16.2. The summed E-state index contributed by atoms with van der Waals surface area (Å²) in [5.74, 6) is 0.407. The van der Waals surface area contributed by atoms with Gasteiger partial charge >= 0.3 is 0 Å². The monoisotopic (exact) mass is 349 g/mol. The van der Waals surface area contributed by atoms with Crippen LogP contribution in [0.25, 0.3) is 10.9 Å². The molecule has 0 saturated carbocycles. The van der Waals surface area contributed by atoms with Crippen molar-refractivity contribution in [1.82, 2.24) is 20.6 Å². The first kappa shape index (κ1) is 17.3. The number of amides is 2. The second kappa shape index (κ2) is 8.06. The average Bonchev–Trinajstić information content (AvgIpc) is 2.66. The first-order valence-corrected chi connectivity index (χ1v) is 8.23. The van der Waals surface area contributed by atoms with Crippen molar-refractivity contribution in [2.45, 2.75) is 6.92 Å². The fourth-order valence-electron chi connectivity index (χ4n) is 2.46. The van der Waals surface area contributed by atoms with Crippen LogP contribution in [0.3, 0.4) is 0 Å². The summed E-state index contributed by atoms with van der Waals surface area (Å²) < 4.78 is 0. The largest absolute Gasteiger partial charge is 0.355 e. The van der Waals surface area contributed by atoms with Gasteiger partial charge < -0.3 is 16.0 Å². The van der Waals surface area contributed by atoms with Gasteiger partial charge in [0.05, 0.1) is 5.52 Å². The number of para-hydroxylation sites is 1. The van der Waals surface area contributed by atoms with Gasteiger partial charge in [0.25, 0.3) is 5.91 Å². The molecule has 0 saturated heterocycles. The van der Waals surface area contributed by atoms with Crippen LogP contribution < -0.4 is 16.0 Å². The van der Waals surface area contributed by atoms with E-state index in [9.17, 15) is 9.59 Å². The van der Waals surface area contributed by atoms with Crippen molar-refractivity contribution < 1.29 is 9.59 Å². The number of carbonyl (C=O) groups is 2. The van der Waals surface area contributed by atoms with Crippen LogP contribution >= 0.6 is 0 Å². The quantitative estimate of drug-likeness (QED) is 0.593. The Kier molecular flexibility index (Phi) is 5.38. The molecule has 26 heavy (non-hydrogen) atoms. The van der Waals surface area contributed by atoms with Crippen LogP contribution in [0.5, 0.6) is 0 Å². The number of hydrogen-bond acceptors (Lipinski definition) is 5. The lowest BCUT2D eigenvalue weighted by atomic mass is 10.2. The average molecular weight is 349 g/mol. The van der Waals surface area contributed by atoms with Gasteiger partial charge in [0.15, 0.2) is 0 Å². The third kappa shape index (κ3) is 4.32. The van der Waals surface area contributed by atoms with Gasteiger partial charge in [-0.25, -0.2) is 9.97 Å². The standard InChI is InChI=1S/C19H19N5O2/c1-13(25)20-10-11-21-19(26)14-6-8-15(9-7-14)24-18-16-4-2-3-5-17(16)22-12-23-18/h2-9,12H,10-11H2,1H3,(H,20,25)(H,21,26)(H,22,23,24). The Bertz CT molecular complexity index is 919. The van der Waals surface area contributed by atoms with Crippen molar-refractivity contribution in [1.29, 1.82) is 0 Å². The highest BCUT2D eigenvalue weighted by Crippen LogP contribution is 2.22. The number of rotatable bonds is 6. The van der Waals surface area contributed by atoms with E-state index < -0.39 is 0 Å². The minimum Gasteiger partial charge on any atom is -0.355 e. The molecule has 7 heteroatoms. The number of benzene rings is 2. The molecule has 1 heterocycles. The summed E-state index contributed by atoms with van der Waals surface area (Å²) >= 11 is 0. The predicted octanol–water partition coefficient (Wildman–Crippen LogP) is 2.24. The molecular weight excluding hydrogens is 330 g/mol. The number of hydrogen-bond donors (Lipinski definition) is 3. The molecule has 0 fully saturated rings. The molecule has 0 bridgehead atoms. The van der Waals surface area contributed by atoms with Crippen molar-refractivity contribution in [2.24, 2.45) is 0 Å². The number of nitrogens with one attached hydrogen (secondary N) is 3. The summed E-state index contributed by atoms with van der Waals surface area (Å²) in [7, 11) is 0. The molecule has 0 aliphatic carbocycles. The van der Waals surface area contributed by atoms with E-state index in [1.54, 1.807) is 12.1 Å². The van der Waals surface area contributed by atoms with E-state index in [0.29, 0.717) is 24.5 Å². The Hall–Kier alpha value is -3.48. The second-order valence-electron chi connectivity index (χ2n) is 5.68. The van der Waals surface area contributed by atoms with Crippen LogP contribution in [0, 0.1) is 0 Å². The van der Waals surface area contributed by atoms with Gasteiger partial charge in [-0.1, -0.05) is 12.1 Å². The molecule has 0 unspecified atom stereocenters. The highest BCUT2D eigenvalue weighted by molar-refractivity contribution is 5.95. The van der Waals surface area contributed by atoms with Crippen LogP contribution in [0.15, 0.2) is 54.9 Å². The number of fused-ring (bicyclic) bond motifs is 1. The van der Waals surface area contributed by atoms with Crippen LogP contribution in [-0.4, -0.2) is 34.9 Å². The predicted molar refractivity (Wildman–Crippen MR) is 100 cm³/mol. The fourth-order valence-corrected chi connectivity index (χ4v) is 2.46. The molecule has 7 nitrogen and oxygen atoms in total. The van der Waals surface area contributed by atoms with Crippen LogP contribution in [-0.2, 0) is 4.79 Å². The number of carbonyl (C=O) groups excluding carboxylic acids is 2. The molecule has 3 aromatic rings. The molecule has 2 amide bonds. The van der Waals surface area contributed by atoms with E-state index in [2.05, 4.69) is 25.9 Å². The summed E-state index contributed by atoms with van der Waals surface area (Å²) in [6.07, 6.45) is 1.52. The molecule has 132 valence electrons. The molecule has 0 radical (unpaired) electrons. The van der Waals surface area contributed by atoms with Crippen molar-refractivity contribution in [2.75, 3.05) is 18.4 Å². The number of aromatic nitrogens is 2. The molecule has 1 aromatic heterocycles. The summed E-state index contributed by atoms with van der Waals surface area (Å²) in [5.41, 5.74) is 2.23. The minimum absolute atomic E-state index is 0.119. The number of nitrogens with zero attached hydrogens (tertiary/aromatic N) is 2. The summed E-state index contributed by atoms with van der Waals surface area (Å²) in [6, 6.07) is 14.9. The molecule has 0 atom stereocenters. The number of anilines is 2. The lowest BCUT2D eigenvalue weighted by Crippen LogP contribution is -2.33. The van der Waals surface area contributed by atoms with Gasteiger partial charge in [0, 0.05) is 36.7 Å². The van der Waals surface area contributed by atoms with Gasteiger partial charge in [-0.2, -0.15) is 0 Å². The lowest BCUT2D eigenvalue weighted by Gasteiger charge is -2.09. The normalized spacial score (nSPS) is 10.3. The van der Waals surface area contributed by atoms with Gasteiger partial charge in [0.2, 0.25) is 5.91 Å². The minimum atomic E-state index is -0.186. The summed E-state index contributed by atoms with van der Waals surface area (Å²) in [6.45, 7) is 2.22. The Labute approximate surface area is 150 Å². The maximum absolute atomic E-state index is 12.1. The Morgan fingerprint density at radius 1 is 0.923 bits per heavy atom. The van der Waals surface area contributed by atoms with E-state index in [1.165, 1.54) is 13.3 Å². The molecule has 0 spiro atoms. The molecule has 2 aromatic carbocycles. The van der Waals surface area contributed by atoms with Crippen LogP contribution in [0.2, 0.25) is 0 Å². The third-order valence-corrected chi connectivity index (χ3v) is 3.74. The van der Waals surface area contributed by atoms with Crippen LogP contribution in [0.4, 0.5) is 11.5 Å². The SMILES string of the molecule is CC(=O)NCCNC(=O)c1ccc(Nc2ncnc3ccccc23)cc1. The molecular formula is C19H19N5O2. The molecule has 0 aliphatic heterocycles. The zero-order valence-corrected chi connectivity index (χ0v) is 14.3. The first-order valence-electron chi connectivity index (χ1n) is 8.23. The van der Waals surface area contributed by atoms with Crippen LogP contribution in [0.1, 0.15) is 17.3 Å². The second-order valence-corrected chi connectivity index (χ2v) is 5.68. The fraction of sp³-hybridized carbons (Fsp3) is 0.158. The Balaban J connectivity index is 1.64. The van der Waals surface area contributed by atoms with Gasteiger partial charge in [-0.05, 0) is 36.4 Å². The topological polar surface area (TPSA) is 96.0 Å². The van der Waals surface area contributed by atoms with Crippen molar-refractivity contribution in [3.63, 3.8) is 0 Å². The van der Waals surface area contributed by atoms with E-state index >= 15 is 0 Å². The third-order valence-electron chi connectivity index (χ3n) is 3.74. The first-order chi connectivity index (χ1) is 12.6. The Morgan fingerprint density at radius 2 is 1.65 bits per heavy atom. The molecule has 0 aliphatic rings. The smallest absolute Gasteiger partial charge is 0.251 e. The van der Waals surface area contributed by atoms with E-state index in [4.69, 9.17) is 0 Å². The van der Waals surface area contributed by atoms with Gasteiger partial charge in [-0.15, -0.1) is 0 Å². The Morgan fingerprint density at radius 3 is 2.42 bits per heavy atom. The highest BCUT2D eigenvalue weighted by Gasteiger charge is 2.06. The van der Waals surface area contributed by atoms with Gasteiger partial charge in [-0.3, -0.25) is 9.59 Å². The van der Waals surface area contributed by atoms with Crippen molar-refractivity contribution >= 4 is 34.2 Å². The van der Waals surface area contributed by atoms with E-state index in [0.717, 1.165) is 16.6 Å². The molecule has 3 rings (SSSR count). The maximum atomic E-state index is 12.1.